The highest BCUT2D eigenvalue weighted by Gasteiger charge is 2.09. The van der Waals surface area contributed by atoms with E-state index in [1.54, 1.807) is 0 Å². The van der Waals surface area contributed by atoms with Gasteiger partial charge in [0.2, 0.25) is 0 Å². The maximum atomic E-state index is 11.7. The van der Waals surface area contributed by atoms with Crippen molar-refractivity contribution in [2.75, 3.05) is 19.0 Å². The number of esters is 1. The first-order valence-corrected chi connectivity index (χ1v) is 13.5. The molecule has 0 radical (unpaired) electrons. The van der Waals surface area contributed by atoms with Crippen molar-refractivity contribution >= 4 is 28.0 Å². The smallest absolute Gasteiger partial charge is 0.337 e. The number of carbonyl (C=O) groups excluding carboxylic acids is 1. The van der Waals surface area contributed by atoms with Crippen molar-refractivity contribution in [2.45, 2.75) is 38.5 Å². The summed E-state index contributed by atoms with van der Waals surface area (Å²) < 4.78 is 10.9. The number of unbranched alkanes of at least 4 members (excludes halogenated alkanes) is 2. The molecular weight excluding hydrogens is 500 g/mol. The molecule has 0 aliphatic rings. The Morgan fingerprint density at radius 3 is 2.37 bits per heavy atom. The maximum Gasteiger partial charge on any atom is 0.337 e. The van der Waals surface area contributed by atoms with Crippen LogP contribution >= 0.6 is 15.9 Å². The van der Waals surface area contributed by atoms with Gasteiger partial charge in [0, 0.05) is 10.9 Å². The van der Waals surface area contributed by atoms with E-state index in [1.807, 2.05) is 30.3 Å². The number of alkyl halides is 1. The van der Waals surface area contributed by atoms with Crippen molar-refractivity contribution in [3.05, 3.63) is 107 Å². The second-order valence-corrected chi connectivity index (χ2v) is 9.47. The fourth-order valence-corrected chi connectivity index (χ4v) is 4.62. The number of rotatable bonds is 14. The molecular formula is C31H35BrO3. The molecule has 4 heteroatoms. The molecule has 0 amide bonds. The van der Waals surface area contributed by atoms with Crippen molar-refractivity contribution in [3.63, 3.8) is 0 Å². The quantitative estimate of drug-likeness (QED) is 0.120. The molecule has 0 bridgehead atoms. The van der Waals surface area contributed by atoms with Crippen LogP contribution in [0.4, 0.5) is 0 Å². The first-order valence-electron chi connectivity index (χ1n) is 12.4. The Labute approximate surface area is 218 Å². The van der Waals surface area contributed by atoms with Crippen LogP contribution in [0.2, 0.25) is 0 Å². The molecule has 0 spiro atoms. The Balaban J connectivity index is 1.51. The zero-order valence-corrected chi connectivity index (χ0v) is 22.1. The van der Waals surface area contributed by atoms with E-state index in [-0.39, 0.29) is 5.97 Å². The third kappa shape index (κ3) is 9.37. The number of para-hydroxylation sites is 1. The van der Waals surface area contributed by atoms with E-state index < -0.39 is 0 Å². The summed E-state index contributed by atoms with van der Waals surface area (Å²) in [5.74, 6) is 1.01. The van der Waals surface area contributed by atoms with Gasteiger partial charge in [0.05, 0.1) is 19.3 Å². The zero-order valence-electron chi connectivity index (χ0n) is 20.5. The van der Waals surface area contributed by atoms with E-state index in [4.69, 9.17) is 9.47 Å². The molecule has 3 nitrogen and oxygen atoms in total. The summed E-state index contributed by atoms with van der Waals surface area (Å²) in [6.07, 6.45) is 10.9. The monoisotopic (exact) mass is 534 g/mol. The van der Waals surface area contributed by atoms with Crippen molar-refractivity contribution in [1.29, 1.82) is 0 Å². The van der Waals surface area contributed by atoms with Gasteiger partial charge in [-0.3, -0.25) is 0 Å². The summed E-state index contributed by atoms with van der Waals surface area (Å²) in [6, 6.07) is 26.6. The van der Waals surface area contributed by atoms with Gasteiger partial charge in [-0.2, -0.15) is 0 Å². The van der Waals surface area contributed by atoms with Gasteiger partial charge in [-0.1, -0.05) is 88.7 Å². The Hall–Kier alpha value is -2.85. The molecule has 0 N–H and O–H groups in total. The van der Waals surface area contributed by atoms with Crippen molar-refractivity contribution < 1.29 is 14.3 Å². The summed E-state index contributed by atoms with van der Waals surface area (Å²) in [7, 11) is 1.40. The average molecular weight is 536 g/mol. The molecule has 184 valence electrons. The van der Waals surface area contributed by atoms with Crippen LogP contribution in [0.1, 0.15) is 52.7 Å². The standard InChI is InChI=1S/C31H35BrO3/c1-34-31(33)29-19-16-26(17-20-29)24-27(21-22-32)15-18-28-13-7-8-14-30(28)35-23-9-3-6-12-25-10-4-2-5-11-25/h2,4-5,7-8,10-11,13-20,27H,3,6,9,12,21-24H2,1H3/b18-15-. The lowest BCUT2D eigenvalue weighted by Gasteiger charge is -2.13. The second-order valence-electron chi connectivity index (χ2n) is 8.67. The number of methoxy groups -OCH3 is 1. The van der Waals surface area contributed by atoms with E-state index >= 15 is 0 Å². The summed E-state index contributed by atoms with van der Waals surface area (Å²) in [5, 5.41) is 0.934. The number of hydrogen-bond acceptors (Lipinski definition) is 3. The van der Waals surface area contributed by atoms with Gasteiger partial charge >= 0.3 is 5.97 Å². The minimum atomic E-state index is -0.304. The highest BCUT2D eigenvalue weighted by Crippen LogP contribution is 2.23. The summed E-state index contributed by atoms with van der Waals surface area (Å²) in [5.41, 5.74) is 4.29. The molecule has 1 atom stereocenters. The first-order chi connectivity index (χ1) is 17.2. The first kappa shape index (κ1) is 26.7. The largest absolute Gasteiger partial charge is 0.493 e. The number of halogens is 1. The molecule has 35 heavy (non-hydrogen) atoms. The molecule has 0 aromatic heterocycles. The van der Waals surface area contributed by atoms with Crippen LogP contribution < -0.4 is 4.74 Å². The van der Waals surface area contributed by atoms with E-state index in [2.05, 4.69) is 76.6 Å². The number of allylic oxidation sites excluding steroid dienone is 1. The lowest BCUT2D eigenvalue weighted by molar-refractivity contribution is 0.0600. The van der Waals surface area contributed by atoms with E-state index in [9.17, 15) is 4.79 Å². The van der Waals surface area contributed by atoms with Gasteiger partial charge in [0.25, 0.3) is 0 Å². The van der Waals surface area contributed by atoms with Gasteiger partial charge < -0.3 is 9.47 Å². The molecule has 0 saturated heterocycles. The lowest BCUT2D eigenvalue weighted by atomic mass is 9.95. The Morgan fingerprint density at radius 1 is 0.886 bits per heavy atom. The summed E-state index contributed by atoms with van der Waals surface area (Å²) in [6.45, 7) is 0.733. The Morgan fingerprint density at radius 2 is 1.63 bits per heavy atom. The number of carbonyl (C=O) groups is 1. The number of ether oxygens (including phenoxy) is 2. The van der Waals surface area contributed by atoms with Crippen LogP contribution in [0, 0.1) is 5.92 Å². The van der Waals surface area contributed by atoms with Crippen molar-refractivity contribution in [3.8, 4) is 5.75 Å². The molecule has 1 unspecified atom stereocenters. The zero-order chi connectivity index (χ0) is 24.7. The predicted octanol–water partition coefficient (Wildman–Crippen LogP) is 7.92. The van der Waals surface area contributed by atoms with E-state index in [0.717, 1.165) is 55.4 Å². The fourth-order valence-electron chi connectivity index (χ4n) is 4.03. The SMILES string of the molecule is COC(=O)c1ccc(CC(/C=C\c2ccccc2OCCCCCc2ccccc2)CCBr)cc1. The normalized spacial score (nSPS) is 11.9. The van der Waals surface area contributed by atoms with Crippen LogP contribution in [0.15, 0.2) is 84.9 Å². The molecule has 0 aliphatic heterocycles. The number of aryl methyl sites for hydroxylation is 1. The number of benzene rings is 3. The van der Waals surface area contributed by atoms with Gasteiger partial charge in [-0.05, 0) is 73.8 Å². The highest BCUT2D eigenvalue weighted by molar-refractivity contribution is 9.09. The lowest BCUT2D eigenvalue weighted by Crippen LogP contribution is -2.04. The number of hydrogen-bond donors (Lipinski definition) is 0. The van der Waals surface area contributed by atoms with E-state index in [1.165, 1.54) is 24.7 Å². The highest BCUT2D eigenvalue weighted by atomic mass is 79.9. The second kappa shape index (κ2) is 15.2. The molecule has 0 heterocycles. The van der Waals surface area contributed by atoms with Gasteiger partial charge in [-0.15, -0.1) is 0 Å². The van der Waals surface area contributed by atoms with Gasteiger partial charge in [0.15, 0.2) is 0 Å². The van der Waals surface area contributed by atoms with Crippen molar-refractivity contribution in [1.82, 2.24) is 0 Å². The Kier molecular flexibility index (Phi) is 11.6. The molecule has 3 rings (SSSR count). The van der Waals surface area contributed by atoms with Crippen LogP contribution in [-0.4, -0.2) is 25.0 Å². The summed E-state index contributed by atoms with van der Waals surface area (Å²) >= 11 is 3.59. The Bertz CT molecular complexity index is 1040. The van der Waals surface area contributed by atoms with Crippen molar-refractivity contribution in [2.24, 2.45) is 5.92 Å². The molecule has 0 fully saturated rings. The maximum absolute atomic E-state index is 11.7. The molecule has 3 aromatic rings. The van der Waals surface area contributed by atoms with Gasteiger partial charge in [-0.25, -0.2) is 4.79 Å². The summed E-state index contributed by atoms with van der Waals surface area (Å²) in [4.78, 5) is 11.7. The van der Waals surface area contributed by atoms with Crippen LogP contribution in [0.5, 0.6) is 5.75 Å². The van der Waals surface area contributed by atoms with Crippen LogP contribution in [0.25, 0.3) is 6.08 Å². The predicted molar refractivity (Wildman–Crippen MR) is 148 cm³/mol. The fraction of sp³-hybridized carbons (Fsp3) is 0.323. The topological polar surface area (TPSA) is 35.5 Å². The molecule has 0 aliphatic carbocycles. The third-order valence-corrected chi connectivity index (χ3v) is 6.49. The minimum Gasteiger partial charge on any atom is -0.493 e. The van der Waals surface area contributed by atoms with E-state index in [0.29, 0.717) is 11.5 Å². The molecule has 0 saturated carbocycles. The molecule has 3 aromatic carbocycles. The third-order valence-electron chi connectivity index (χ3n) is 6.03. The average Bonchev–Trinajstić information content (AvgIpc) is 2.90. The van der Waals surface area contributed by atoms with Gasteiger partial charge in [0.1, 0.15) is 5.75 Å². The van der Waals surface area contributed by atoms with Crippen LogP contribution in [0.3, 0.4) is 0 Å². The van der Waals surface area contributed by atoms with Crippen LogP contribution in [-0.2, 0) is 17.6 Å². The minimum absolute atomic E-state index is 0.304.